The summed E-state index contributed by atoms with van der Waals surface area (Å²) in [4.78, 5) is 9.28. The van der Waals surface area contributed by atoms with Gasteiger partial charge in [-0.25, -0.2) is 6.58 Å². The topological polar surface area (TPSA) is 37.3 Å². The second-order valence-corrected chi connectivity index (χ2v) is 5.35. The van der Waals surface area contributed by atoms with E-state index in [9.17, 15) is 36.2 Å². The van der Waals surface area contributed by atoms with E-state index in [1.807, 2.05) is 0 Å². The van der Waals surface area contributed by atoms with E-state index < -0.39 is 35.7 Å². The summed E-state index contributed by atoms with van der Waals surface area (Å²) in [6.45, 7) is 9.62. The summed E-state index contributed by atoms with van der Waals surface area (Å²) in [6.07, 6.45) is -9.98. The molecule has 0 heterocycles. The maximum absolute atomic E-state index is 12.6. The molecule has 0 aromatic rings. The van der Waals surface area contributed by atoms with Crippen molar-refractivity contribution < 1.29 is 67.4 Å². The van der Waals surface area contributed by atoms with Gasteiger partial charge in [0.2, 0.25) is 0 Å². The Hall–Kier alpha value is 0.00195. The number of aliphatic hydroxyl groups is 1. The first kappa shape index (κ1) is 27.8. The number of halogens is 6. The molecule has 0 aliphatic rings. The van der Waals surface area contributed by atoms with Gasteiger partial charge in [0.05, 0.1) is 0 Å². The Kier molecular flexibility index (Phi) is 12.2. The van der Waals surface area contributed by atoms with Crippen LogP contribution in [0.15, 0.2) is 12.2 Å². The molecule has 0 aliphatic heterocycles. The smallest absolute Gasteiger partial charge is 0.419 e. The average Bonchev–Trinajstić information content (AvgIpc) is 2.25. The van der Waals surface area contributed by atoms with E-state index in [0.717, 1.165) is 0 Å². The molecular weight excluding hydrogens is 552 g/mol. The fourth-order valence-electron chi connectivity index (χ4n) is 1.99. The van der Waals surface area contributed by atoms with Crippen LogP contribution in [0.4, 0.5) is 26.3 Å². The fraction of sp³-hybridized carbons (Fsp3) is 0.714. The fourth-order valence-corrected chi connectivity index (χ4v) is 1.99. The summed E-state index contributed by atoms with van der Waals surface area (Å²) in [5.41, 5.74) is -4.30. The van der Waals surface area contributed by atoms with Crippen molar-refractivity contribution in [1.82, 2.24) is 0 Å². The van der Waals surface area contributed by atoms with E-state index in [1.165, 1.54) is 27.7 Å². The van der Waals surface area contributed by atoms with Gasteiger partial charge in [-0.1, -0.05) is 34.6 Å². The van der Waals surface area contributed by atoms with Gasteiger partial charge < -0.3 is 9.90 Å². The van der Waals surface area contributed by atoms with Crippen LogP contribution in [0, 0.1) is 48.9 Å². The van der Waals surface area contributed by atoms with Crippen LogP contribution in [-0.4, -0.2) is 29.3 Å². The number of hydrogen-bond donors (Lipinski definition) is 1. The maximum Gasteiger partial charge on any atom is 2.00 e. The van der Waals surface area contributed by atoms with Gasteiger partial charge in [0.15, 0.2) is 0 Å². The minimum Gasteiger partial charge on any atom is -0.419 e. The summed E-state index contributed by atoms with van der Waals surface area (Å²) in [5.74, 6) is -3.05. The van der Waals surface area contributed by atoms with Crippen LogP contribution < -0.4 is 0 Å². The summed E-state index contributed by atoms with van der Waals surface area (Å²) >= 11 is 0. The molecule has 0 aliphatic carbocycles. The Morgan fingerprint density at radius 2 is 1.22 bits per heavy atom. The van der Waals surface area contributed by atoms with E-state index in [-0.39, 0.29) is 31.1 Å². The molecule has 0 fully saturated rings. The quantitative estimate of drug-likeness (QED) is 0.308. The average molecular weight is 572 g/mol. The van der Waals surface area contributed by atoms with Crippen molar-refractivity contribution >= 4 is 6.29 Å². The van der Waals surface area contributed by atoms with Crippen LogP contribution in [0.1, 0.15) is 34.6 Å². The van der Waals surface area contributed by atoms with Gasteiger partial charge in [0, 0.05) is 0 Å². The van der Waals surface area contributed by atoms with Crippen molar-refractivity contribution in [3.05, 3.63) is 18.1 Å². The Morgan fingerprint density at radius 1 is 1.00 bits per heavy atom. The third-order valence-electron chi connectivity index (χ3n) is 2.66. The molecule has 0 saturated carbocycles. The molecule has 0 atom stereocenters. The zero-order chi connectivity index (χ0) is 18.5. The molecule has 0 aromatic heterocycles. The molecule has 0 unspecified atom stereocenters. The first-order chi connectivity index (χ1) is 9.53. The van der Waals surface area contributed by atoms with Crippen molar-refractivity contribution in [2.24, 2.45) is 11.8 Å². The number of alkyl halides is 6. The molecule has 1 N–H and O–H groups in total. The molecule has 0 aromatic carbocycles. The van der Waals surface area contributed by atoms with E-state index in [0.29, 0.717) is 5.57 Å². The predicted octanol–water partition coefficient (Wildman–Crippen LogP) is 4.40. The third kappa shape index (κ3) is 7.61. The van der Waals surface area contributed by atoms with Gasteiger partial charge in [0.25, 0.3) is 0 Å². The monoisotopic (exact) mass is 572 g/mol. The van der Waals surface area contributed by atoms with E-state index >= 15 is 0 Å². The van der Waals surface area contributed by atoms with Crippen molar-refractivity contribution in [3.8, 4) is 0 Å². The Morgan fingerprint density at radius 3 is 1.26 bits per heavy atom. The van der Waals surface area contributed by atoms with Crippen LogP contribution in [-0.2, 0) is 4.79 Å². The van der Waals surface area contributed by atoms with Gasteiger partial charge in [-0.15, -0.1) is 0 Å². The molecule has 0 bridgehead atoms. The molecule has 134 valence electrons. The van der Waals surface area contributed by atoms with Crippen LogP contribution >= 0.6 is 0 Å². The second-order valence-electron chi connectivity index (χ2n) is 5.35. The van der Waals surface area contributed by atoms with Gasteiger partial charge in [-0.3, -0.25) is 5.92 Å². The molecule has 0 spiro atoms. The van der Waals surface area contributed by atoms with Crippen LogP contribution in [0.2, 0.25) is 0 Å². The Bertz CT molecular complexity index is 352. The number of hydrogen-bond acceptors (Lipinski definition) is 2. The SMILES string of the molecule is C=C(C)[C-]=O.CC(C)[C-](C(C)C)C(O)(C(F)(F)F)C(F)(F)F.[U+2]. The molecule has 0 radical (unpaired) electrons. The van der Waals surface area contributed by atoms with Gasteiger partial charge in [-0.2, -0.15) is 43.8 Å². The minimum absolute atomic E-state index is 0. The van der Waals surface area contributed by atoms with Crippen LogP contribution in [0.25, 0.3) is 0 Å². The Labute approximate surface area is 156 Å². The molecule has 0 saturated heterocycles. The molecule has 23 heavy (non-hydrogen) atoms. The van der Waals surface area contributed by atoms with Crippen molar-refractivity contribution in [2.45, 2.75) is 52.6 Å². The van der Waals surface area contributed by atoms with Crippen molar-refractivity contribution in [1.29, 1.82) is 0 Å². The second kappa shape index (κ2) is 10.1. The summed E-state index contributed by atoms with van der Waals surface area (Å²) in [7, 11) is 0. The Balaban J connectivity index is -0.000000578. The summed E-state index contributed by atoms with van der Waals surface area (Å²) in [6, 6.07) is 0. The standard InChI is InChI=1S/C10H15F6O.C4H5O.U/c1-5(2)7(6(3)4)8(17,9(11,12)13)10(14,15)16;1-4(2)3-5;/h5-6,17H,1-4H3;1H2,2H3;/q2*-1;+2. The maximum atomic E-state index is 12.6. The zero-order valence-electron chi connectivity index (χ0n) is 13.5. The minimum atomic E-state index is -5.78. The first-order valence-electron chi connectivity index (χ1n) is 6.30. The van der Waals surface area contributed by atoms with Gasteiger partial charge in [-0.05, 0) is 6.29 Å². The van der Waals surface area contributed by atoms with E-state index in [1.54, 1.807) is 13.2 Å². The third-order valence-corrected chi connectivity index (χ3v) is 2.66. The molecule has 2 nitrogen and oxygen atoms in total. The normalized spacial score (nSPS) is 12.7. The van der Waals surface area contributed by atoms with Crippen LogP contribution in [0.5, 0.6) is 0 Å². The molecular formula is C14H20F6O2U. The van der Waals surface area contributed by atoms with E-state index in [2.05, 4.69) is 6.58 Å². The van der Waals surface area contributed by atoms with Crippen molar-refractivity contribution in [3.63, 3.8) is 0 Å². The number of rotatable bonds is 4. The molecule has 0 rings (SSSR count). The molecule has 0 amide bonds. The number of carbonyl (C=O) groups excluding carboxylic acids is 1. The van der Waals surface area contributed by atoms with Gasteiger partial charge in [0.1, 0.15) is 5.60 Å². The first-order valence-corrected chi connectivity index (χ1v) is 6.30. The largest absolute Gasteiger partial charge is 2.00 e. The zero-order valence-corrected chi connectivity index (χ0v) is 17.6. The van der Waals surface area contributed by atoms with Crippen molar-refractivity contribution in [2.75, 3.05) is 0 Å². The summed E-state index contributed by atoms with van der Waals surface area (Å²) in [5, 5.41) is 9.20. The predicted molar refractivity (Wildman–Crippen MR) is 70.5 cm³/mol. The van der Waals surface area contributed by atoms with Crippen LogP contribution in [0.3, 0.4) is 0 Å². The molecule has 9 heteroatoms. The summed E-state index contributed by atoms with van der Waals surface area (Å²) < 4.78 is 75.5. The van der Waals surface area contributed by atoms with E-state index in [4.69, 9.17) is 0 Å². The van der Waals surface area contributed by atoms with Gasteiger partial charge >= 0.3 is 43.5 Å². The number of allylic oxidation sites excluding steroid dienone is 1.